The summed E-state index contributed by atoms with van der Waals surface area (Å²) in [5, 5.41) is 3.53. The van der Waals surface area contributed by atoms with Gasteiger partial charge in [0.05, 0.1) is 5.56 Å². The Hall–Kier alpha value is -1.81. The molecule has 2 atom stereocenters. The predicted octanol–water partition coefficient (Wildman–Crippen LogP) is 4.74. The van der Waals surface area contributed by atoms with Crippen molar-refractivity contribution in [2.75, 3.05) is 0 Å². The third kappa shape index (κ3) is 3.50. The Kier molecular flexibility index (Phi) is 4.21. The molecule has 1 aliphatic heterocycles. The van der Waals surface area contributed by atoms with E-state index in [0.29, 0.717) is 6.04 Å². The van der Waals surface area contributed by atoms with Gasteiger partial charge in [0.2, 0.25) is 0 Å². The van der Waals surface area contributed by atoms with E-state index in [-0.39, 0.29) is 6.04 Å². The highest BCUT2D eigenvalue weighted by Crippen LogP contribution is 2.32. The highest BCUT2D eigenvalue weighted by molar-refractivity contribution is 5.28. The van der Waals surface area contributed by atoms with Gasteiger partial charge in [-0.1, -0.05) is 42.5 Å². The maximum absolute atomic E-state index is 12.6. The lowest BCUT2D eigenvalue weighted by atomic mass is 10.0. The number of hydrogen-bond donors (Lipinski definition) is 1. The zero-order chi connectivity index (χ0) is 15.6. The summed E-state index contributed by atoms with van der Waals surface area (Å²) in [5.41, 5.74) is 1.63. The molecular weight excluding hydrogens is 287 g/mol. The van der Waals surface area contributed by atoms with Gasteiger partial charge in [-0.3, -0.25) is 0 Å². The first-order chi connectivity index (χ1) is 10.5. The predicted molar refractivity (Wildman–Crippen MR) is 80.5 cm³/mol. The van der Waals surface area contributed by atoms with E-state index in [0.717, 1.165) is 24.8 Å². The average Bonchev–Trinajstić information content (AvgIpc) is 2.96. The van der Waals surface area contributed by atoms with Crippen molar-refractivity contribution in [3.8, 4) is 0 Å². The highest BCUT2D eigenvalue weighted by Gasteiger charge is 2.31. The second-order valence-electron chi connectivity index (χ2n) is 5.80. The molecular formula is C18H18F3N. The highest BCUT2D eigenvalue weighted by atomic mass is 19.4. The molecule has 0 bridgehead atoms. The molecule has 3 rings (SSSR count). The van der Waals surface area contributed by atoms with Gasteiger partial charge in [-0.15, -0.1) is 0 Å². The van der Waals surface area contributed by atoms with Crippen molar-refractivity contribution in [2.24, 2.45) is 0 Å². The molecule has 1 saturated heterocycles. The number of nitrogens with one attached hydrogen (secondary N) is 1. The Morgan fingerprint density at radius 3 is 2.23 bits per heavy atom. The van der Waals surface area contributed by atoms with E-state index in [1.807, 2.05) is 18.2 Å². The van der Waals surface area contributed by atoms with E-state index in [4.69, 9.17) is 0 Å². The molecule has 2 aromatic carbocycles. The summed E-state index contributed by atoms with van der Waals surface area (Å²) in [7, 11) is 0. The fourth-order valence-electron chi connectivity index (χ4n) is 3.05. The third-order valence-corrected chi connectivity index (χ3v) is 4.21. The molecule has 2 aromatic rings. The molecule has 0 aliphatic carbocycles. The van der Waals surface area contributed by atoms with Crippen LogP contribution < -0.4 is 5.32 Å². The summed E-state index contributed by atoms with van der Waals surface area (Å²) < 4.78 is 37.8. The summed E-state index contributed by atoms with van der Waals surface area (Å²) in [4.78, 5) is 0. The lowest BCUT2D eigenvalue weighted by Crippen LogP contribution is -2.26. The second-order valence-corrected chi connectivity index (χ2v) is 5.80. The molecule has 0 aromatic heterocycles. The van der Waals surface area contributed by atoms with Crippen LogP contribution in [0.25, 0.3) is 0 Å². The molecule has 2 unspecified atom stereocenters. The monoisotopic (exact) mass is 305 g/mol. The van der Waals surface area contributed by atoms with Crippen molar-refractivity contribution in [1.29, 1.82) is 0 Å². The second kappa shape index (κ2) is 6.13. The van der Waals surface area contributed by atoms with Crippen molar-refractivity contribution in [3.05, 3.63) is 71.3 Å². The van der Waals surface area contributed by atoms with Gasteiger partial charge in [-0.2, -0.15) is 13.2 Å². The molecule has 0 saturated carbocycles. The summed E-state index contributed by atoms with van der Waals surface area (Å²) in [6, 6.07) is 16.3. The zero-order valence-corrected chi connectivity index (χ0v) is 12.1. The summed E-state index contributed by atoms with van der Waals surface area (Å²) in [6.07, 6.45) is -1.31. The normalized spacial score (nSPS) is 22.0. The lowest BCUT2D eigenvalue weighted by molar-refractivity contribution is -0.137. The lowest BCUT2D eigenvalue weighted by Gasteiger charge is -2.16. The SMILES string of the molecule is FC(F)(F)c1ccc(C2CCC(Cc3ccccc3)N2)cc1. The Bertz CT molecular complexity index is 604. The zero-order valence-electron chi connectivity index (χ0n) is 12.1. The largest absolute Gasteiger partial charge is 0.416 e. The summed E-state index contributed by atoms with van der Waals surface area (Å²) in [5.74, 6) is 0. The topological polar surface area (TPSA) is 12.0 Å². The standard InChI is InChI=1S/C18H18F3N/c19-18(20,21)15-8-6-14(7-9-15)17-11-10-16(22-17)12-13-4-2-1-3-5-13/h1-9,16-17,22H,10-12H2. The molecule has 0 amide bonds. The molecule has 1 fully saturated rings. The van der Waals surface area contributed by atoms with E-state index in [1.54, 1.807) is 12.1 Å². The van der Waals surface area contributed by atoms with E-state index in [1.165, 1.54) is 17.7 Å². The molecule has 0 spiro atoms. The average molecular weight is 305 g/mol. The Labute approximate surface area is 128 Å². The number of benzene rings is 2. The van der Waals surface area contributed by atoms with Crippen molar-refractivity contribution in [2.45, 2.75) is 37.5 Å². The number of alkyl halides is 3. The van der Waals surface area contributed by atoms with Crippen LogP contribution in [0.2, 0.25) is 0 Å². The van der Waals surface area contributed by atoms with Crippen LogP contribution in [-0.4, -0.2) is 6.04 Å². The van der Waals surface area contributed by atoms with Crippen LogP contribution in [-0.2, 0) is 12.6 Å². The van der Waals surface area contributed by atoms with Crippen LogP contribution in [0, 0.1) is 0 Å². The number of hydrogen-bond acceptors (Lipinski definition) is 1. The van der Waals surface area contributed by atoms with Gasteiger partial charge in [0.1, 0.15) is 0 Å². The van der Waals surface area contributed by atoms with Crippen molar-refractivity contribution in [3.63, 3.8) is 0 Å². The van der Waals surface area contributed by atoms with Crippen LogP contribution in [0.4, 0.5) is 13.2 Å². The Morgan fingerprint density at radius 1 is 0.909 bits per heavy atom. The number of halogens is 3. The summed E-state index contributed by atoms with van der Waals surface area (Å²) >= 11 is 0. The van der Waals surface area contributed by atoms with E-state index >= 15 is 0 Å². The quantitative estimate of drug-likeness (QED) is 0.863. The fraction of sp³-hybridized carbons (Fsp3) is 0.333. The van der Waals surface area contributed by atoms with Gasteiger partial charge < -0.3 is 5.32 Å². The van der Waals surface area contributed by atoms with Gasteiger partial charge in [-0.25, -0.2) is 0 Å². The van der Waals surface area contributed by atoms with Crippen LogP contribution in [0.5, 0.6) is 0 Å². The summed E-state index contributed by atoms with van der Waals surface area (Å²) in [6.45, 7) is 0. The van der Waals surface area contributed by atoms with Gasteiger partial charge in [0.15, 0.2) is 0 Å². The molecule has 1 aliphatic rings. The van der Waals surface area contributed by atoms with Crippen LogP contribution in [0.1, 0.15) is 35.6 Å². The smallest absolute Gasteiger partial charge is 0.307 e. The molecule has 1 N–H and O–H groups in total. The molecule has 22 heavy (non-hydrogen) atoms. The molecule has 4 heteroatoms. The van der Waals surface area contributed by atoms with E-state index < -0.39 is 11.7 Å². The Balaban J connectivity index is 1.63. The molecule has 1 heterocycles. The minimum Gasteiger partial charge on any atom is -0.307 e. The van der Waals surface area contributed by atoms with E-state index in [9.17, 15) is 13.2 Å². The first-order valence-electron chi connectivity index (χ1n) is 7.49. The first-order valence-corrected chi connectivity index (χ1v) is 7.49. The van der Waals surface area contributed by atoms with Crippen molar-refractivity contribution < 1.29 is 13.2 Å². The van der Waals surface area contributed by atoms with Gasteiger partial charge in [0, 0.05) is 12.1 Å². The van der Waals surface area contributed by atoms with E-state index in [2.05, 4.69) is 17.4 Å². The molecule has 116 valence electrons. The third-order valence-electron chi connectivity index (χ3n) is 4.21. The van der Waals surface area contributed by atoms with Gasteiger partial charge >= 0.3 is 6.18 Å². The molecule has 0 radical (unpaired) electrons. The maximum atomic E-state index is 12.6. The fourth-order valence-corrected chi connectivity index (χ4v) is 3.05. The van der Waals surface area contributed by atoms with Crippen molar-refractivity contribution >= 4 is 0 Å². The van der Waals surface area contributed by atoms with Crippen LogP contribution >= 0.6 is 0 Å². The van der Waals surface area contributed by atoms with Crippen LogP contribution in [0.3, 0.4) is 0 Å². The van der Waals surface area contributed by atoms with Crippen molar-refractivity contribution in [1.82, 2.24) is 5.32 Å². The van der Waals surface area contributed by atoms with Gasteiger partial charge in [-0.05, 0) is 42.5 Å². The number of rotatable bonds is 3. The minimum absolute atomic E-state index is 0.149. The minimum atomic E-state index is -4.27. The first kappa shape index (κ1) is 15.1. The maximum Gasteiger partial charge on any atom is 0.416 e. The molecule has 1 nitrogen and oxygen atoms in total. The van der Waals surface area contributed by atoms with Crippen LogP contribution in [0.15, 0.2) is 54.6 Å². The Morgan fingerprint density at radius 2 is 1.59 bits per heavy atom. The van der Waals surface area contributed by atoms with Gasteiger partial charge in [0.25, 0.3) is 0 Å².